The van der Waals surface area contributed by atoms with Crippen molar-refractivity contribution < 1.29 is 19.0 Å². The van der Waals surface area contributed by atoms with E-state index in [1.165, 1.54) is 18.4 Å². The molecule has 0 saturated carbocycles. The highest BCUT2D eigenvalue weighted by molar-refractivity contribution is 7.21. The van der Waals surface area contributed by atoms with E-state index < -0.39 is 5.97 Å². The fraction of sp³-hybridized carbons (Fsp3) is 0.0769. The Morgan fingerprint density at radius 1 is 0.971 bits per heavy atom. The highest BCUT2D eigenvalue weighted by Gasteiger charge is 2.21. The van der Waals surface area contributed by atoms with Gasteiger partial charge in [0.25, 0.3) is 0 Å². The highest BCUT2D eigenvalue weighted by atomic mass is 35.5. The molecule has 170 valence electrons. The summed E-state index contributed by atoms with van der Waals surface area (Å²) in [5.41, 5.74) is 1.89. The molecule has 0 fully saturated rings. The third kappa shape index (κ3) is 4.87. The molecule has 0 aliphatic heterocycles. The number of allylic oxidation sites excluding steroid dienone is 1. The molecule has 0 amide bonds. The number of nitrogens with zero attached hydrogens (tertiary/aromatic N) is 1. The van der Waals surface area contributed by atoms with Crippen molar-refractivity contribution in [2.75, 3.05) is 14.2 Å². The van der Waals surface area contributed by atoms with Crippen molar-refractivity contribution in [1.82, 2.24) is 0 Å². The molecule has 0 atom stereocenters. The molecular weight excluding hydrogens is 493 g/mol. The van der Waals surface area contributed by atoms with E-state index >= 15 is 0 Å². The number of rotatable bonds is 6. The lowest BCUT2D eigenvalue weighted by atomic mass is 10.0. The highest BCUT2D eigenvalue weighted by Crippen LogP contribution is 2.39. The Balaban J connectivity index is 1.61. The Kier molecular flexibility index (Phi) is 7.09. The van der Waals surface area contributed by atoms with Crippen LogP contribution in [0.1, 0.15) is 20.8 Å². The molecule has 34 heavy (non-hydrogen) atoms. The molecule has 0 aliphatic carbocycles. The summed E-state index contributed by atoms with van der Waals surface area (Å²) >= 11 is 13.6. The van der Waals surface area contributed by atoms with Gasteiger partial charge in [0.05, 0.1) is 30.9 Å². The van der Waals surface area contributed by atoms with Gasteiger partial charge in [-0.05, 0) is 59.7 Å². The zero-order valence-electron chi connectivity index (χ0n) is 18.1. The number of carbonyl (C=O) groups is 1. The van der Waals surface area contributed by atoms with Crippen LogP contribution in [0.25, 0.3) is 21.7 Å². The number of nitriles is 1. The number of halogens is 2. The van der Waals surface area contributed by atoms with E-state index in [4.69, 9.17) is 37.4 Å². The summed E-state index contributed by atoms with van der Waals surface area (Å²) in [5, 5.41) is 11.2. The van der Waals surface area contributed by atoms with Gasteiger partial charge in [0.1, 0.15) is 10.6 Å². The summed E-state index contributed by atoms with van der Waals surface area (Å²) < 4.78 is 17.1. The molecule has 8 heteroatoms. The summed E-state index contributed by atoms with van der Waals surface area (Å²) in [6, 6.07) is 19.6. The number of methoxy groups -OCH3 is 2. The molecule has 4 aromatic rings. The summed E-state index contributed by atoms with van der Waals surface area (Å²) in [7, 11) is 3.04. The van der Waals surface area contributed by atoms with Crippen LogP contribution in [-0.4, -0.2) is 20.2 Å². The van der Waals surface area contributed by atoms with Crippen molar-refractivity contribution in [3.05, 3.63) is 86.7 Å². The molecule has 4 rings (SSSR count). The maximum Gasteiger partial charge on any atom is 0.355 e. The Labute approximate surface area is 210 Å². The molecule has 1 heterocycles. The minimum Gasteiger partial charge on any atom is -0.497 e. The van der Waals surface area contributed by atoms with Gasteiger partial charge < -0.3 is 14.2 Å². The number of ether oxygens (including phenoxy) is 3. The molecule has 0 bridgehead atoms. The van der Waals surface area contributed by atoms with E-state index in [-0.39, 0.29) is 10.6 Å². The number of carbonyl (C=O) groups excluding carboxylic acids is 1. The number of thiophene rings is 1. The maximum absolute atomic E-state index is 12.9. The van der Waals surface area contributed by atoms with Crippen molar-refractivity contribution in [3.8, 4) is 23.3 Å². The first-order valence-electron chi connectivity index (χ1n) is 9.97. The van der Waals surface area contributed by atoms with Gasteiger partial charge in [-0.25, -0.2) is 4.79 Å². The van der Waals surface area contributed by atoms with Gasteiger partial charge in [-0.15, -0.1) is 11.3 Å². The van der Waals surface area contributed by atoms with E-state index in [1.54, 1.807) is 67.8 Å². The van der Waals surface area contributed by atoms with Crippen molar-refractivity contribution in [3.63, 3.8) is 0 Å². The fourth-order valence-corrected chi connectivity index (χ4v) is 4.77. The number of esters is 1. The number of fused-ring (bicyclic) bond motifs is 1. The third-order valence-electron chi connectivity index (χ3n) is 5.00. The first kappa shape index (κ1) is 23.7. The van der Waals surface area contributed by atoms with Crippen LogP contribution in [-0.2, 0) is 0 Å². The Morgan fingerprint density at radius 3 is 2.41 bits per heavy atom. The van der Waals surface area contributed by atoms with E-state index in [0.717, 1.165) is 15.6 Å². The van der Waals surface area contributed by atoms with Crippen molar-refractivity contribution in [2.24, 2.45) is 0 Å². The lowest BCUT2D eigenvalue weighted by Gasteiger charge is -2.10. The standard InChI is InChI=1S/C26H17Cl2NO4S/c1-31-19-8-10-23-20(13-19)24(28)25(34-23)26(30)33-21-9-3-15(12-22(21)32-2)11-17(14-29)16-4-6-18(27)7-5-16/h3-13H,1-2H3/b17-11+. The molecule has 0 unspecified atom stereocenters. The maximum atomic E-state index is 12.9. The predicted octanol–water partition coefficient (Wildman–Crippen LogP) is 7.51. The van der Waals surface area contributed by atoms with E-state index in [9.17, 15) is 10.1 Å². The van der Waals surface area contributed by atoms with Crippen LogP contribution in [0.5, 0.6) is 17.2 Å². The summed E-state index contributed by atoms with van der Waals surface area (Å²) in [6.45, 7) is 0. The zero-order chi connectivity index (χ0) is 24.2. The molecule has 0 spiro atoms. The molecule has 0 aliphatic rings. The minimum absolute atomic E-state index is 0.237. The number of benzene rings is 3. The third-order valence-corrected chi connectivity index (χ3v) is 6.90. The largest absolute Gasteiger partial charge is 0.497 e. The minimum atomic E-state index is -0.592. The SMILES string of the molecule is COc1ccc2sc(C(=O)Oc3ccc(/C=C(\C#N)c4ccc(Cl)cc4)cc3OC)c(Cl)c2c1. The quantitative estimate of drug-likeness (QED) is 0.116. The Hall–Kier alpha value is -3.50. The Bertz CT molecular complexity index is 1450. The van der Waals surface area contributed by atoms with Crippen molar-refractivity contribution in [2.45, 2.75) is 0 Å². The van der Waals surface area contributed by atoms with Crippen LogP contribution in [0.15, 0.2) is 60.7 Å². The molecular formula is C26H17Cl2NO4S. The van der Waals surface area contributed by atoms with Gasteiger partial charge in [0, 0.05) is 15.1 Å². The van der Waals surface area contributed by atoms with Crippen LogP contribution in [0.4, 0.5) is 0 Å². The van der Waals surface area contributed by atoms with Crippen LogP contribution in [0.3, 0.4) is 0 Å². The second-order valence-corrected chi connectivity index (χ2v) is 8.95. The van der Waals surface area contributed by atoms with Gasteiger partial charge in [-0.1, -0.05) is 41.4 Å². The van der Waals surface area contributed by atoms with Crippen molar-refractivity contribution in [1.29, 1.82) is 5.26 Å². The Morgan fingerprint density at radius 2 is 1.74 bits per heavy atom. The summed E-state index contributed by atoms with van der Waals surface area (Å²) in [6.07, 6.45) is 1.72. The van der Waals surface area contributed by atoms with Crippen LogP contribution in [0.2, 0.25) is 10.0 Å². The average molecular weight is 510 g/mol. The van der Waals surface area contributed by atoms with Crippen LogP contribution >= 0.6 is 34.5 Å². The first-order valence-corrected chi connectivity index (χ1v) is 11.5. The first-order chi connectivity index (χ1) is 16.4. The molecule has 0 N–H and O–H groups in total. The number of hydrogen-bond donors (Lipinski definition) is 0. The summed E-state index contributed by atoms with van der Waals surface area (Å²) in [5.74, 6) is 0.633. The van der Waals surface area contributed by atoms with Crippen molar-refractivity contribution >= 4 is 62.2 Å². The molecule has 0 radical (unpaired) electrons. The van der Waals surface area contributed by atoms with Gasteiger partial charge in [-0.2, -0.15) is 5.26 Å². The predicted molar refractivity (Wildman–Crippen MR) is 136 cm³/mol. The lowest BCUT2D eigenvalue weighted by Crippen LogP contribution is -2.08. The van der Waals surface area contributed by atoms with Gasteiger partial charge in [-0.3, -0.25) is 0 Å². The topological polar surface area (TPSA) is 68.5 Å². The van der Waals surface area contributed by atoms with Gasteiger partial charge in [0.15, 0.2) is 11.5 Å². The van der Waals surface area contributed by atoms with Crippen LogP contribution < -0.4 is 14.2 Å². The molecule has 1 aromatic heterocycles. The fourth-order valence-electron chi connectivity index (χ4n) is 3.29. The second kappa shape index (κ2) is 10.2. The smallest absolute Gasteiger partial charge is 0.355 e. The number of hydrogen-bond acceptors (Lipinski definition) is 6. The van der Waals surface area contributed by atoms with E-state index in [1.807, 2.05) is 6.07 Å². The molecule has 5 nitrogen and oxygen atoms in total. The van der Waals surface area contributed by atoms with E-state index in [0.29, 0.717) is 32.7 Å². The van der Waals surface area contributed by atoms with Gasteiger partial charge in [0.2, 0.25) is 0 Å². The van der Waals surface area contributed by atoms with Gasteiger partial charge >= 0.3 is 5.97 Å². The molecule has 3 aromatic carbocycles. The zero-order valence-corrected chi connectivity index (χ0v) is 20.4. The van der Waals surface area contributed by atoms with Crippen LogP contribution in [0, 0.1) is 11.3 Å². The second-order valence-electron chi connectivity index (χ2n) is 7.08. The summed E-state index contributed by atoms with van der Waals surface area (Å²) in [4.78, 5) is 13.2. The van der Waals surface area contributed by atoms with E-state index in [2.05, 4.69) is 6.07 Å². The average Bonchev–Trinajstić information content (AvgIpc) is 3.19. The lowest BCUT2D eigenvalue weighted by molar-refractivity contribution is 0.0735. The monoisotopic (exact) mass is 509 g/mol. The molecule has 0 saturated heterocycles. The normalized spacial score (nSPS) is 11.2.